The Morgan fingerprint density at radius 1 is 1.62 bits per heavy atom. The quantitative estimate of drug-likeness (QED) is 0.450. The standard InChI is InChI=1S/C8H10BNO3/c1-12-5-2-7-6(8(10)3-5)4-13-9(7)11/h2-3,11H,4,10H2,1H3. The van der Waals surface area contributed by atoms with Gasteiger partial charge in [0.25, 0.3) is 0 Å². The molecule has 2 rings (SSSR count). The Hall–Kier alpha value is -1.20. The summed E-state index contributed by atoms with van der Waals surface area (Å²) in [6.07, 6.45) is 0. The molecule has 0 spiro atoms. The molecule has 0 saturated carbocycles. The zero-order valence-electron chi connectivity index (χ0n) is 7.28. The molecule has 5 heteroatoms. The number of rotatable bonds is 1. The molecule has 68 valence electrons. The van der Waals surface area contributed by atoms with Gasteiger partial charge in [-0.25, -0.2) is 0 Å². The number of hydrogen-bond donors (Lipinski definition) is 2. The second-order valence-electron chi connectivity index (χ2n) is 2.95. The smallest absolute Gasteiger partial charge is 0.491 e. The van der Waals surface area contributed by atoms with Crippen molar-refractivity contribution < 1.29 is 14.4 Å². The maximum Gasteiger partial charge on any atom is 0.491 e. The summed E-state index contributed by atoms with van der Waals surface area (Å²) in [7, 11) is 0.691. The van der Waals surface area contributed by atoms with Crippen LogP contribution in [0.15, 0.2) is 12.1 Å². The van der Waals surface area contributed by atoms with Crippen LogP contribution in [-0.4, -0.2) is 19.3 Å². The van der Waals surface area contributed by atoms with Crippen LogP contribution in [0.25, 0.3) is 0 Å². The minimum absolute atomic E-state index is 0.367. The first kappa shape index (κ1) is 8.41. The zero-order valence-corrected chi connectivity index (χ0v) is 7.28. The van der Waals surface area contributed by atoms with E-state index in [9.17, 15) is 5.02 Å². The highest BCUT2D eigenvalue weighted by Crippen LogP contribution is 2.22. The predicted molar refractivity (Wildman–Crippen MR) is 49.8 cm³/mol. The summed E-state index contributed by atoms with van der Waals surface area (Å²) in [6, 6.07) is 3.46. The molecule has 0 aromatic heterocycles. The molecule has 1 aliphatic heterocycles. The zero-order chi connectivity index (χ0) is 9.42. The molecule has 0 amide bonds. The van der Waals surface area contributed by atoms with E-state index < -0.39 is 7.12 Å². The Bertz CT molecular complexity index is 342. The number of methoxy groups -OCH3 is 1. The number of ether oxygens (including phenoxy) is 1. The van der Waals surface area contributed by atoms with Gasteiger partial charge in [0.15, 0.2) is 0 Å². The number of hydrogen-bond acceptors (Lipinski definition) is 4. The molecule has 1 aromatic rings. The Labute approximate surface area is 76.4 Å². The number of nitrogen functional groups attached to an aromatic ring is 1. The van der Waals surface area contributed by atoms with Gasteiger partial charge >= 0.3 is 7.12 Å². The average molecular weight is 179 g/mol. The molecule has 3 N–H and O–H groups in total. The Morgan fingerprint density at radius 2 is 2.38 bits per heavy atom. The molecule has 13 heavy (non-hydrogen) atoms. The van der Waals surface area contributed by atoms with Gasteiger partial charge in [0, 0.05) is 11.8 Å². The summed E-state index contributed by atoms with van der Waals surface area (Å²) >= 11 is 0. The molecule has 4 nitrogen and oxygen atoms in total. The number of benzene rings is 1. The molecule has 0 bridgehead atoms. The van der Waals surface area contributed by atoms with Crippen LogP contribution in [0.3, 0.4) is 0 Å². The van der Waals surface area contributed by atoms with E-state index >= 15 is 0 Å². The molecular weight excluding hydrogens is 169 g/mol. The van der Waals surface area contributed by atoms with Gasteiger partial charge in [0.05, 0.1) is 13.7 Å². The second-order valence-corrected chi connectivity index (χ2v) is 2.95. The molecule has 0 aliphatic carbocycles. The highest BCUT2D eigenvalue weighted by atomic mass is 16.5. The normalized spacial score (nSPS) is 14.5. The van der Waals surface area contributed by atoms with Crippen LogP contribution in [0.1, 0.15) is 5.56 Å². The Balaban J connectivity index is 2.53. The first-order valence-electron chi connectivity index (χ1n) is 3.98. The van der Waals surface area contributed by atoms with Gasteiger partial charge in [-0.05, 0) is 17.1 Å². The minimum atomic E-state index is -0.868. The molecule has 1 heterocycles. The van der Waals surface area contributed by atoms with E-state index in [-0.39, 0.29) is 0 Å². The van der Waals surface area contributed by atoms with Gasteiger partial charge in [-0.15, -0.1) is 0 Å². The molecule has 1 aromatic carbocycles. The molecule has 1 aliphatic rings. The summed E-state index contributed by atoms with van der Waals surface area (Å²) in [4.78, 5) is 0. The summed E-state index contributed by atoms with van der Waals surface area (Å²) in [6.45, 7) is 0.367. The lowest BCUT2D eigenvalue weighted by Crippen LogP contribution is -2.28. The van der Waals surface area contributed by atoms with Gasteiger partial charge < -0.3 is 20.1 Å². The summed E-state index contributed by atoms with van der Waals surface area (Å²) < 4.78 is 10.0. The average Bonchev–Trinajstić information content (AvgIpc) is 2.48. The van der Waals surface area contributed by atoms with Gasteiger partial charge in [-0.3, -0.25) is 0 Å². The van der Waals surface area contributed by atoms with Crippen molar-refractivity contribution in [2.24, 2.45) is 0 Å². The van der Waals surface area contributed by atoms with Crippen molar-refractivity contribution in [3.8, 4) is 5.75 Å². The van der Waals surface area contributed by atoms with E-state index in [1.54, 1.807) is 19.2 Å². The van der Waals surface area contributed by atoms with Crippen LogP contribution >= 0.6 is 0 Å². The van der Waals surface area contributed by atoms with Crippen molar-refractivity contribution in [1.29, 1.82) is 0 Å². The van der Waals surface area contributed by atoms with Crippen LogP contribution in [0, 0.1) is 0 Å². The van der Waals surface area contributed by atoms with Gasteiger partial charge in [-0.2, -0.15) is 0 Å². The van der Waals surface area contributed by atoms with Crippen molar-refractivity contribution in [2.75, 3.05) is 12.8 Å². The largest absolute Gasteiger partial charge is 0.497 e. The Kier molecular flexibility index (Phi) is 1.90. The van der Waals surface area contributed by atoms with Crippen LogP contribution in [0.4, 0.5) is 5.69 Å². The third-order valence-corrected chi connectivity index (χ3v) is 2.18. The Morgan fingerprint density at radius 3 is 3.08 bits per heavy atom. The summed E-state index contributed by atoms with van der Waals surface area (Å²) in [5.41, 5.74) is 7.90. The van der Waals surface area contributed by atoms with Crippen molar-refractivity contribution in [3.05, 3.63) is 17.7 Å². The second kappa shape index (κ2) is 2.94. The highest BCUT2D eigenvalue weighted by Gasteiger charge is 2.29. The van der Waals surface area contributed by atoms with E-state index in [4.69, 9.17) is 15.1 Å². The summed E-state index contributed by atoms with van der Waals surface area (Å²) in [5.74, 6) is 0.640. The van der Waals surface area contributed by atoms with Crippen LogP contribution in [0.5, 0.6) is 5.75 Å². The number of anilines is 1. The molecule has 0 atom stereocenters. The predicted octanol–water partition coefficient (Wildman–Crippen LogP) is -0.505. The fraction of sp³-hybridized carbons (Fsp3) is 0.250. The van der Waals surface area contributed by atoms with Gasteiger partial charge in [0.2, 0.25) is 0 Å². The monoisotopic (exact) mass is 179 g/mol. The van der Waals surface area contributed by atoms with Gasteiger partial charge in [0.1, 0.15) is 5.75 Å². The van der Waals surface area contributed by atoms with Crippen molar-refractivity contribution in [1.82, 2.24) is 0 Å². The third-order valence-electron chi connectivity index (χ3n) is 2.18. The minimum Gasteiger partial charge on any atom is -0.497 e. The SMILES string of the molecule is COc1cc(N)c2c(c1)B(O)OC2. The third kappa shape index (κ3) is 1.26. The van der Waals surface area contributed by atoms with Crippen molar-refractivity contribution in [3.63, 3.8) is 0 Å². The first-order chi connectivity index (χ1) is 6.22. The molecular formula is C8H10BNO3. The maximum absolute atomic E-state index is 9.39. The van der Waals surface area contributed by atoms with E-state index in [2.05, 4.69) is 0 Å². The molecule has 0 saturated heterocycles. The lowest BCUT2D eigenvalue weighted by molar-refractivity contribution is 0.276. The van der Waals surface area contributed by atoms with E-state index in [0.717, 1.165) is 5.56 Å². The fourth-order valence-electron chi connectivity index (χ4n) is 1.45. The van der Waals surface area contributed by atoms with Crippen LogP contribution < -0.4 is 15.9 Å². The van der Waals surface area contributed by atoms with Crippen LogP contribution in [0.2, 0.25) is 0 Å². The summed E-state index contributed by atoms with van der Waals surface area (Å²) in [5, 5.41) is 9.39. The van der Waals surface area contributed by atoms with Crippen molar-refractivity contribution in [2.45, 2.75) is 6.61 Å². The number of fused-ring (bicyclic) bond motifs is 1. The maximum atomic E-state index is 9.39. The first-order valence-corrected chi connectivity index (χ1v) is 3.98. The molecule has 0 unspecified atom stereocenters. The lowest BCUT2D eigenvalue weighted by Gasteiger charge is -2.06. The van der Waals surface area contributed by atoms with E-state index in [1.807, 2.05) is 0 Å². The molecule has 0 fully saturated rings. The van der Waals surface area contributed by atoms with E-state index in [1.165, 1.54) is 0 Å². The van der Waals surface area contributed by atoms with Crippen LogP contribution in [-0.2, 0) is 11.3 Å². The van der Waals surface area contributed by atoms with Crippen molar-refractivity contribution >= 4 is 18.3 Å². The number of nitrogens with two attached hydrogens (primary N) is 1. The lowest BCUT2D eigenvalue weighted by atomic mass is 9.79. The molecule has 0 radical (unpaired) electrons. The topological polar surface area (TPSA) is 64.7 Å². The van der Waals surface area contributed by atoms with E-state index in [0.29, 0.717) is 23.5 Å². The van der Waals surface area contributed by atoms with Gasteiger partial charge in [-0.1, -0.05) is 0 Å². The fourth-order valence-corrected chi connectivity index (χ4v) is 1.45. The highest BCUT2D eigenvalue weighted by molar-refractivity contribution is 6.61.